The molecule has 3 aromatic carbocycles. The fourth-order valence-electron chi connectivity index (χ4n) is 3.74. The monoisotopic (exact) mass is 324 g/mol. The van der Waals surface area contributed by atoms with Crippen LogP contribution in [0.15, 0.2) is 77.3 Å². The van der Waals surface area contributed by atoms with E-state index < -0.39 is 0 Å². The summed E-state index contributed by atoms with van der Waals surface area (Å²) in [4.78, 5) is 0. The lowest BCUT2D eigenvalue weighted by Gasteiger charge is -2.04. The van der Waals surface area contributed by atoms with Crippen molar-refractivity contribution in [1.82, 2.24) is 0 Å². The molecule has 5 aromatic rings. The summed E-state index contributed by atoms with van der Waals surface area (Å²) in [6, 6.07) is 23.4. The lowest BCUT2D eigenvalue weighted by atomic mass is 10.0. The van der Waals surface area contributed by atoms with Crippen molar-refractivity contribution in [2.24, 2.45) is 7.05 Å². The van der Waals surface area contributed by atoms with E-state index in [1.165, 1.54) is 38.4 Å². The lowest BCUT2D eigenvalue weighted by Crippen LogP contribution is -2.30. The number of aryl methyl sites for hydroxylation is 2. The van der Waals surface area contributed by atoms with Gasteiger partial charge in [0, 0.05) is 28.3 Å². The molecule has 2 nitrogen and oxygen atoms in total. The van der Waals surface area contributed by atoms with Crippen LogP contribution in [0.1, 0.15) is 5.56 Å². The first-order chi connectivity index (χ1) is 12.2. The van der Waals surface area contributed by atoms with Crippen LogP contribution >= 0.6 is 0 Å². The smallest absolute Gasteiger partial charge is 0.212 e. The molecule has 0 aliphatic rings. The molecule has 0 unspecified atom stereocenters. The van der Waals surface area contributed by atoms with Gasteiger partial charge in [0.1, 0.15) is 18.2 Å². The number of rotatable bonds is 1. The van der Waals surface area contributed by atoms with Gasteiger partial charge in [0.25, 0.3) is 0 Å². The predicted octanol–water partition coefficient (Wildman–Crippen LogP) is 5.54. The zero-order chi connectivity index (χ0) is 17.0. The Morgan fingerprint density at radius 3 is 2.52 bits per heavy atom. The summed E-state index contributed by atoms with van der Waals surface area (Å²) < 4.78 is 8.46. The van der Waals surface area contributed by atoms with Crippen LogP contribution in [0.5, 0.6) is 0 Å². The number of fused-ring (bicyclic) bond motifs is 5. The van der Waals surface area contributed by atoms with Crippen molar-refractivity contribution in [3.63, 3.8) is 0 Å². The molecule has 0 radical (unpaired) electrons. The highest BCUT2D eigenvalue weighted by Gasteiger charge is 2.16. The van der Waals surface area contributed by atoms with Crippen molar-refractivity contribution in [2.45, 2.75) is 6.92 Å². The number of hydrogen-bond acceptors (Lipinski definition) is 1. The summed E-state index contributed by atoms with van der Waals surface area (Å²) in [5.74, 6) is 0. The molecule has 0 aliphatic heterocycles. The second-order valence-corrected chi connectivity index (χ2v) is 6.63. The van der Waals surface area contributed by atoms with Crippen molar-refractivity contribution in [1.29, 1.82) is 0 Å². The van der Waals surface area contributed by atoms with Crippen LogP contribution in [0, 0.1) is 6.92 Å². The van der Waals surface area contributed by atoms with Crippen LogP contribution in [-0.2, 0) is 7.05 Å². The summed E-state index contributed by atoms with van der Waals surface area (Å²) in [5.41, 5.74) is 5.56. The minimum atomic E-state index is 0.941. The van der Waals surface area contributed by atoms with Crippen LogP contribution in [-0.4, -0.2) is 0 Å². The fraction of sp³-hybridized carbons (Fsp3) is 0.0870. The third kappa shape index (κ3) is 2.07. The van der Waals surface area contributed by atoms with Gasteiger partial charge in [-0.2, -0.15) is 0 Å². The number of benzene rings is 3. The molecular formula is C23H18NO+. The number of pyridine rings is 1. The Morgan fingerprint density at radius 2 is 1.64 bits per heavy atom. The maximum Gasteiger partial charge on any atom is 0.212 e. The van der Waals surface area contributed by atoms with E-state index in [2.05, 4.69) is 85.4 Å². The molecule has 2 aromatic heterocycles. The van der Waals surface area contributed by atoms with Crippen molar-refractivity contribution in [3.8, 4) is 11.3 Å². The van der Waals surface area contributed by atoms with Crippen molar-refractivity contribution in [3.05, 3.63) is 78.5 Å². The van der Waals surface area contributed by atoms with E-state index in [0.717, 1.165) is 11.2 Å². The summed E-state index contributed by atoms with van der Waals surface area (Å²) in [5, 5.41) is 4.74. The Hall–Kier alpha value is -3.13. The van der Waals surface area contributed by atoms with Crippen LogP contribution in [0.25, 0.3) is 44.0 Å². The first-order valence-corrected chi connectivity index (χ1v) is 8.52. The Labute approximate surface area is 145 Å². The van der Waals surface area contributed by atoms with Gasteiger partial charge in [-0.15, -0.1) is 0 Å². The molecule has 0 amide bonds. The molecule has 0 spiro atoms. The Bertz CT molecular complexity index is 1260. The molecule has 2 heteroatoms. The van der Waals surface area contributed by atoms with E-state index in [1.54, 1.807) is 0 Å². The summed E-state index contributed by atoms with van der Waals surface area (Å²) >= 11 is 0. The molecule has 5 rings (SSSR count). The molecule has 120 valence electrons. The van der Waals surface area contributed by atoms with Crippen LogP contribution < -0.4 is 4.57 Å². The summed E-state index contributed by atoms with van der Waals surface area (Å²) in [7, 11) is 2.07. The third-order valence-electron chi connectivity index (χ3n) is 5.04. The van der Waals surface area contributed by atoms with Gasteiger partial charge < -0.3 is 4.42 Å². The van der Waals surface area contributed by atoms with Gasteiger partial charge in [0.05, 0.1) is 5.56 Å². The second-order valence-electron chi connectivity index (χ2n) is 6.63. The van der Waals surface area contributed by atoms with Gasteiger partial charge in [-0.1, -0.05) is 30.3 Å². The van der Waals surface area contributed by atoms with E-state index in [-0.39, 0.29) is 0 Å². The molecule has 0 saturated carbocycles. The van der Waals surface area contributed by atoms with E-state index in [9.17, 15) is 0 Å². The van der Waals surface area contributed by atoms with E-state index in [1.807, 2.05) is 6.07 Å². The molecular weight excluding hydrogens is 306 g/mol. The average molecular weight is 324 g/mol. The Morgan fingerprint density at radius 1 is 0.800 bits per heavy atom. The molecule has 0 aliphatic carbocycles. The van der Waals surface area contributed by atoms with E-state index in [4.69, 9.17) is 4.42 Å². The van der Waals surface area contributed by atoms with E-state index >= 15 is 0 Å². The van der Waals surface area contributed by atoms with Crippen LogP contribution in [0.3, 0.4) is 0 Å². The normalized spacial score (nSPS) is 11.6. The van der Waals surface area contributed by atoms with Crippen molar-refractivity contribution >= 4 is 32.7 Å². The molecule has 0 N–H and O–H groups in total. The zero-order valence-electron chi connectivity index (χ0n) is 14.3. The molecule has 2 heterocycles. The maximum atomic E-state index is 6.31. The third-order valence-corrected chi connectivity index (χ3v) is 5.04. The number of furan rings is 1. The fourth-order valence-corrected chi connectivity index (χ4v) is 3.74. The topological polar surface area (TPSA) is 17.0 Å². The zero-order valence-corrected chi connectivity index (χ0v) is 14.3. The summed E-state index contributed by atoms with van der Waals surface area (Å²) in [6.45, 7) is 2.17. The summed E-state index contributed by atoms with van der Waals surface area (Å²) in [6.07, 6.45) is 2.07. The van der Waals surface area contributed by atoms with Crippen LogP contribution in [0.2, 0.25) is 0 Å². The minimum Gasteiger partial charge on any atom is -0.455 e. The van der Waals surface area contributed by atoms with Gasteiger partial charge in [-0.05, 0) is 42.1 Å². The Kier molecular flexibility index (Phi) is 2.95. The lowest BCUT2D eigenvalue weighted by molar-refractivity contribution is -0.660. The van der Waals surface area contributed by atoms with Crippen molar-refractivity contribution < 1.29 is 8.98 Å². The quantitative estimate of drug-likeness (QED) is 0.370. The van der Waals surface area contributed by atoms with Gasteiger partial charge in [-0.3, -0.25) is 0 Å². The SMILES string of the molecule is Cc1cc2c(cc1-c1cccc[n+]1C)oc1c3ccccc3ccc21. The highest BCUT2D eigenvalue weighted by atomic mass is 16.3. The van der Waals surface area contributed by atoms with Gasteiger partial charge >= 0.3 is 0 Å². The maximum absolute atomic E-state index is 6.31. The first kappa shape index (κ1) is 14.2. The highest BCUT2D eigenvalue weighted by Crippen LogP contribution is 2.36. The van der Waals surface area contributed by atoms with Crippen LogP contribution in [0.4, 0.5) is 0 Å². The highest BCUT2D eigenvalue weighted by molar-refractivity contribution is 6.15. The first-order valence-electron chi connectivity index (χ1n) is 8.52. The van der Waals surface area contributed by atoms with Crippen molar-refractivity contribution in [2.75, 3.05) is 0 Å². The average Bonchev–Trinajstić information content (AvgIpc) is 3.00. The minimum absolute atomic E-state index is 0.941. The van der Waals surface area contributed by atoms with Gasteiger partial charge in [0.15, 0.2) is 6.20 Å². The Balaban J connectivity index is 1.87. The van der Waals surface area contributed by atoms with E-state index in [0.29, 0.717) is 0 Å². The second kappa shape index (κ2) is 5.18. The van der Waals surface area contributed by atoms with Gasteiger partial charge in [0.2, 0.25) is 5.69 Å². The number of hydrogen-bond donors (Lipinski definition) is 0. The standard InChI is InChI=1S/C23H18NO/c1-15-13-20-18-11-10-16-7-3-4-8-17(16)23(18)25-22(20)14-19(15)21-9-5-6-12-24(21)2/h3-14H,1-2H3/q+1. The molecule has 0 fully saturated rings. The molecule has 0 atom stereocenters. The molecule has 0 bridgehead atoms. The van der Waals surface area contributed by atoms with Gasteiger partial charge in [-0.25, -0.2) is 4.57 Å². The number of nitrogens with zero attached hydrogens (tertiary/aromatic N) is 1. The largest absolute Gasteiger partial charge is 0.455 e. The predicted molar refractivity (Wildman–Crippen MR) is 103 cm³/mol. The number of aromatic nitrogens is 1. The molecule has 0 saturated heterocycles. The molecule has 25 heavy (non-hydrogen) atoms.